The maximum atomic E-state index is 9.57. The van der Waals surface area contributed by atoms with Crippen molar-refractivity contribution < 1.29 is 9.47 Å². The van der Waals surface area contributed by atoms with Crippen molar-refractivity contribution in [1.29, 1.82) is 5.26 Å². The molecule has 0 unspecified atom stereocenters. The van der Waals surface area contributed by atoms with Crippen LogP contribution in [-0.4, -0.2) is 22.5 Å². The molecule has 0 atom stereocenters. The molecule has 0 bridgehead atoms. The average Bonchev–Trinajstić information content (AvgIpc) is 2.76. The van der Waals surface area contributed by atoms with Gasteiger partial charge in [0.05, 0.1) is 22.2 Å². The summed E-state index contributed by atoms with van der Waals surface area (Å²) in [6.45, 7) is 6.50. The molecule has 0 spiro atoms. The summed E-state index contributed by atoms with van der Waals surface area (Å²) in [5.74, 6) is 2.41. The number of ether oxygens (including phenoxy) is 2. The van der Waals surface area contributed by atoms with Crippen molar-refractivity contribution in [3.63, 3.8) is 0 Å². The van der Waals surface area contributed by atoms with Gasteiger partial charge in [-0.3, -0.25) is 0 Å². The summed E-state index contributed by atoms with van der Waals surface area (Å²) in [7, 11) is 0. The van der Waals surface area contributed by atoms with Gasteiger partial charge in [0.15, 0.2) is 5.75 Å². The molecule has 166 valence electrons. The number of nitriles is 1. The van der Waals surface area contributed by atoms with Crippen molar-refractivity contribution in [3.05, 3.63) is 75.7 Å². The number of nitrogen functional groups attached to an aromatic ring is 1. The molecule has 0 amide bonds. The van der Waals surface area contributed by atoms with E-state index in [1.165, 1.54) is 0 Å². The highest BCUT2D eigenvalue weighted by molar-refractivity contribution is 6.32. The number of anilines is 1. The quantitative estimate of drug-likeness (QED) is 0.441. The average molecular weight is 471 g/mol. The Bertz CT molecular complexity index is 1120. The van der Waals surface area contributed by atoms with Crippen LogP contribution in [0, 0.1) is 18.3 Å². The van der Waals surface area contributed by atoms with E-state index in [2.05, 4.69) is 29.9 Å². The molecule has 2 N–H and O–H groups in total. The van der Waals surface area contributed by atoms with E-state index >= 15 is 0 Å². The summed E-state index contributed by atoms with van der Waals surface area (Å²) in [6.07, 6.45) is 0. The maximum absolute atomic E-state index is 9.57. The van der Waals surface area contributed by atoms with Crippen LogP contribution in [0.25, 0.3) is 0 Å². The van der Waals surface area contributed by atoms with Crippen LogP contribution in [0.3, 0.4) is 0 Å². The van der Waals surface area contributed by atoms with Crippen molar-refractivity contribution in [1.82, 2.24) is 9.97 Å². The second-order valence-corrected chi connectivity index (χ2v) is 8.54. The van der Waals surface area contributed by atoms with Gasteiger partial charge in [-0.05, 0) is 42.3 Å². The third-order valence-electron chi connectivity index (χ3n) is 5.08. The summed E-state index contributed by atoms with van der Waals surface area (Å²) in [6, 6.07) is 15.3. The Balaban J connectivity index is 1.80. The summed E-state index contributed by atoms with van der Waals surface area (Å²) >= 11 is 12.1. The first kappa shape index (κ1) is 23.6. The van der Waals surface area contributed by atoms with Crippen molar-refractivity contribution >= 4 is 29.0 Å². The SMILES string of the molecule is Cc1nc(N)cc(COc2ccc(C(C)(C)c3cc(Cl)c(OCCCl)c(C#N)c3)cc2)n1. The molecule has 1 heterocycles. The van der Waals surface area contributed by atoms with Crippen LogP contribution >= 0.6 is 23.2 Å². The third-order valence-corrected chi connectivity index (χ3v) is 5.52. The summed E-state index contributed by atoms with van der Waals surface area (Å²) < 4.78 is 11.4. The lowest BCUT2D eigenvalue weighted by molar-refractivity contribution is 0.300. The first-order chi connectivity index (χ1) is 15.2. The Morgan fingerprint density at radius 1 is 1.06 bits per heavy atom. The first-order valence-electron chi connectivity index (χ1n) is 10.0. The van der Waals surface area contributed by atoms with Crippen LogP contribution in [0.4, 0.5) is 5.82 Å². The Morgan fingerprint density at radius 2 is 1.78 bits per heavy atom. The predicted molar refractivity (Wildman–Crippen MR) is 126 cm³/mol. The fourth-order valence-electron chi connectivity index (χ4n) is 3.35. The van der Waals surface area contributed by atoms with Gasteiger partial charge in [0.2, 0.25) is 0 Å². The molecule has 0 aliphatic heterocycles. The van der Waals surface area contributed by atoms with E-state index in [1.807, 2.05) is 36.4 Å². The van der Waals surface area contributed by atoms with Gasteiger partial charge >= 0.3 is 0 Å². The number of alkyl halides is 1. The van der Waals surface area contributed by atoms with Gasteiger partial charge in [0, 0.05) is 11.5 Å². The molecule has 0 radical (unpaired) electrons. The van der Waals surface area contributed by atoms with Crippen LogP contribution in [-0.2, 0) is 12.0 Å². The van der Waals surface area contributed by atoms with Gasteiger partial charge in [0.1, 0.15) is 36.7 Å². The van der Waals surface area contributed by atoms with Crippen LogP contribution in [0.2, 0.25) is 5.02 Å². The molecule has 2 aromatic carbocycles. The maximum Gasteiger partial charge on any atom is 0.155 e. The molecular formula is C24H24Cl2N4O2. The highest BCUT2D eigenvalue weighted by Gasteiger charge is 2.26. The molecule has 0 aliphatic rings. The zero-order chi connectivity index (χ0) is 23.3. The van der Waals surface area contributed by atoms with Crippen molar-refractivity contribution in [2.75, 3.05) is 18.2 Å². The Kier molecular flexibility index (Phi) is 7.44. The van der Waals surface area contributed by atoms with E-state index in [0.29, 0.717) is 46.2 Å². The molecule has 0 saturated carbocycles. The second-order valence-electron chi connectivity index (χ2n) is 7.75. The summed E-state index contributed by atoms with van der Waals surface area (Å²) in [4.78, 5) is 8.39. The van der Waals surface area contributed by atoms with Gasteiger partial charge in [-0.15, -0.1) is 11.6 Å². The fraction of sp³-hybridized carbons (Fsp3) is 0.292. The molecule has 3 rings (SSSR count). The molecule has 0 aliphatic carbocycles. The van der Waals surface area contributed by atoms with Crippen LogP contribution in [0.1, 0.15) is 42.1 Å². The van der Waals surface area contributed by atoms with Crippen LogP contribution in [0.15, 0.2) is 42.5 Å². The van der Waals surface area contributed by atoms with Gasteiger partial charge in [-0.25, -0.2) is 9.97 Å². The van der Waals surface area contributed by atoms with E-state index < -0.39 is 5.41 Å². The number of benzene rings is 2. The number of nitrogens with zero attached hydrogens (tertiary/aromatic N) is 3. The fourth-order valence-corrected chi connectivity index (χ4v) is 3.70. The lowest BCUT2D eigenvalue weighted by Gasteiger charge is -2.27. The van der Waals surface area contributed by atoms with Crippen LogP contribution in [0.5, 0.6) is 11.5 Å². The van der Waals surface area contributed by atoms with Gasteiger partial charge in [-0.2, -0.15) is 5.26 Å². The van der Waals surface area contributed by atoms with E-state index in [-0.39, 0.29) is 6.61 Å². The van der Waals surface area contributed by atoms with E-state index in [0.717, 1.165) is 16.8 Å². The largest absolute Gasteiger partial charge is 0.489 e. The summed E-state index contributed by atoms with van der Waals surface area (Å²) in [5, 5.41) is 9.96. The van der Waals surface area contributed by atoms with Crippen molar-refractivity contribution in [2.24, 2.45) is 0 Å². The normalized spacial score (nSPS) is 11.1. The Morgan fingerprint density at radius 3 is 2.41 bits per heavy atom. The number of rotatable bonds is 8. The number of halogens is 2. The minimum atomic E-state index is -0.406. The third kappa shape index (κ3) is 5.42. The first-order valence-corrected chi connectivity index (χ1v) is 10.9. The highest BCUT2D eigenvalue weighted by atomic mass is 35.5. The van der Waals surface area contributed by atoms with Gasteiger partial charge < -0.3 is 15.2 Å². The van der Waals surface area contributed by atoms with Gasteiger partial charge in [-0.1, -0.05) is 37.6 Å². The lowest BCUT2D eigenvalue weighted by Crippen LogP contribution is -2.19. The standard InChI is InChI=1S/C24H24Cl2N4O2/c1-15-29-19(12-22(28)30-15)14-32-20-6-4-17(5-7-20)24(2,3)18-10-16(13-27)23(21(26)11-18)31-9-8-25/h4-7,10-12H,8-9,14H2,1-3H3,(H2,28,29,30). The van der Waals surface area contributed by atoms with E-state index in [4.69, 9.17) is 38.4 Å². The number of aromatic nitrogens is 2. The molecule has 0 fully saturated rings. The minimum absolute atomic E-state index is 0.279. The zero-order valence-corrected chi connectivity index (χ0v) is 19.7. The smallest absolute Gasteiger partial charge is 0.155 e. The monoisotopic (exact) mass is 470 g/mol. The number of nitrogens with two attached hydrogens (primary N) is 1. The molecule has 8 heteroatoms. The highest BCUT2D eigenvalue weighted by Crippen LogP contribution is 2.38. The zero-order valence-electron chi connectivity index (χ0n) is 18.2. The Labute approximate surface area is 197 Å². The molecule has 0 saturated heterocycles. The van der Waals surface area contributed by atoms with E-state index in [1.54, 1.807) is 13.0 Å². The van der Waals surface area contributed by atoms with Gasteiger partial charge in [0.25, 0.3) is 0 Å². The Hall–Kier alpha value is -3.01. The topological polar surface area (TPSA) is 94.0 Å². The molecule has 1 aromatic heterocycles. The molecular weight excluding hydrogens is 447 g/mol. The minimum Gasteiger partial charge on any atom is -0.489 e. The second kappa shape index (κ2) is 10.1. The number of hydrogen-bond donors (Lipinski definition) is 1. The molecule has 3 aromatic rings. The molecule has 32 heavy (non-hydrogen) atoms. The summed E-state index contributed by atoms with van der Waals surface area (Å²) in [5.41, 5.74) is 8.40. The van der Waals surface area contributed by atoms with Crippen LogP contribution < -0.4 is 15.2 Å². The van der Waals surface area contributed by atoms with Crippen molar-refractivity contribution in [3.8, 4) is 17.6 Å². The predicted octanol–water partition coefficient (Wildman–Crippen LogP) is 5.41. The lowest BCUT2D eigenvalue weighted by atomic mass is 9.77. The number of hydrogen-bond acceptors (Lipinski definition) is 6. The van der Waals surface area contributed by atoms with E-state index in [9.17, 15) is 5.26 Å². The van der Waals surface area contributed by atoms with Crippen molar-refractivity contribution in [2.45, 2.75) is 32.8 Å². The number of aryl methyl sites for hydroxylation is 1. The molecule has 6 nitrogen and oxygen atoms in total.